The molecule has 4 rings (SSSR count). The van der Waals surface area contributed by atoms with E-state index in [1.54, 1.807) is 0 Å². The van der Waals surface area contributed by atoms with Crippen LogP contribution >= 0.6 is 0 Å². The van der Waals surface area contributed by atoms with Crippen molar-refractivity contribution in [2.75, 3.05) is 0 Å². The number of fused-ring (bicyclic) bond motifs is 2. The van der Waals surface area contributed by atoms with Crippen LogP contribution in [0, 0.1) is 0 Å². The average Bonchev–Trinajstić information content (AvgIpc) is 2.78. The largest absolute Gasteiger partial charge is 0.427 e. The Morgan fingerprint density at radius 1 is 0.875 bits per heavy atom. The third kappa shape index (κ3) is 4.44. The molecular formula is C26H22N2O4. The normalized spacial score (nSPS) is 11.8. The molecule has 6 heteroatoms. The standard InChI is InChI=1S/C26H22N2O4/c1-16(29)32-20-12-10-17(11-13-20)26(31)28-24(25(27)30)15-23-21-8-4-2-6-18(21)14-19-7-3-5-9-22(19)23/h2-14,24H,15H2,1H3,(H2,27,30)(H,28,31)/t24-/m0/s1. The van der Waals surface area contributed by atoms with Gasteiger partial charge in [-0.25, -0.2) is 0 Å². The van der Waals surface area contributed by atoms with Crippen molar-refractivity contribution in [2.24, 2.45) is 5.73 Å². The highest BCUT2D eigenvalue weighted by Gasteiger charge is 2.22. The van der Waals surface area contributed by atoms with E-state index >= 15 is 0 Å². The third-order valence-electron chi connectivity index (χ3n) is 5.32. The lowest BCUT2D eigenvalue weighted by atomic mass is 9.92. The SMILES string of the molecule is CC(=O)Oc1ccc(C(=O)N[C@@H](Cc2c3ccccc3cc3ccccc23)C(N)=O)cc1. The van der Waals surface area contributed by atoms with Crippen LogP contribution in [0.2, 0.25) is 0 Å². The van der Waals surface area contributed by atoms with E-state index in [0.29, 0.717) is 11.3 Å². The minimum Gasteiger partial charge on any atom is -0.427 e. The fraction of sp³-hybridized carbons (Fsp3) is 0.115. The maximum atomic E-state index is 12.8. The van der Waals surface area contributed by atoms with Crippen molar-refractivity contribution < 1.29 is 19.1 Å². The molecule has 6 nitrogen and oxygen atoms in total. The minimum atomic E-state index is -0.898. The number of esters is 1. The number of ether oxygens (including phenoxy) is 1. The molecule has 3 N–H and O–H groups in total. The fourth-order valence-corrected chi connectivity index (χ4v) is 3.84. The summed E-state index contributed by atoms with van der Waals surface area (Å²) in [6.45, 7) is 1.30. The van der Waals surface area contributed by atoms with Crippen LogP contribution in [0.4, 0.5) is 0 Å². The quantitative estimate of drug-likeness (QED) is 0.279. The number of rotatable bonds is 6. The smallest absolute Gasteiger partial charge is 0.308 e. The predicted octanol–water partition coefficient (Wildman–Crippen LogP) is 3.74. The van der Waals surface area contributed by atoms with Crippen LogP contribution in [0.5, 0.6) is 5.75 Å². The van der Waals surface area contributed by atoms with Crippen molar-refractivity contribution in [3.05, 3.63) is 90.0 Å². The van der Waals surface area contributed by atoms with Crippen molar-refractivity contribution >= 4 is 39.3 Å². The van der Waals surface area contributed by atoms with Crippen LogP contribution < -0.4 is 15.8 Å². The molecule has 2 amide bonds. The zero-order chi connectivity index (χ0) is 22.7. The summed E-state index contributed by atoms with van der Waals surface area (Å²) in [4.78, 5) is 36.1. The number of hydrogen-bond acceptors (Lipinski definition) is 4. The average molecular weight is 426 g/mol. The van der Waals surface area contributed by atoms with Crippen molar-refractivity contribution in [2.45, 2.75) is 19.4 Å². The third-order valence-corrected chi connectivity index (χ3v) is 5.32. The van der Waals surface area contributed by atoms with E-state index in [1.165, 1.54) is 31.2 Å². The summed E-state index contributed by atoms with van der Waals surface area (Å²) in [5.74, 6) is -1.17. The van der Waals surface area contributed by atoms with E-state index in [0.717, 1.165) is 27.1 Å². The van der Waals surface area contributed by atoms with E-state index in [4.69, 9.17) is 10.5 Å². The van der Waals surface area contributed by atoms with Crippen LogP contribution in [-0.2, 0) is 16.0 Å². The van der Waals surface area contributed by atoms with E-state index in [1.807, 2.05) is 48.5 Å². The molecule has 0 bridgehead atoms. The number of carbonyl (C=O) groups excluding carboxylic acids is 3. The molecule has 0 unspecified atom stereocenters. The summed E-state index contributed by atoms with van der Waals surface area (Å²) < 4.78 is 4.98. The molecule has 0 saturated heterocycles. The molecule has 0 aliphatic rings. The maximum Gasteiger partial charge on any atom is 0.308 e. The summed E-state index contributed by atoms with van der Waals surface area (Å²) in [5.41, 5.74) is 6.95. The van der Waals surface area contributed by atoms with E-state index in [-0.39, 0.29) is 6.42 Å². The fourth-order valence-electron chi connectivity index (χ4n) is 3.84. The van der Waals surface area contributed by atoms with Gasteiger partial charge in [-0.3, -0.25) is 14.4 Å². The molecule has 0 fully saturated rings. The first kappa shape index (κ1) is 21.1. The van der Waals surface area contributed by atoms with Crippen LogP contribution in [0.1, 0.15) is 22.8 Å². The lowest BCUT2D eigenvalue weighted by Gasteiger charge is -2.19. The zero-order valence-electron chi connectivity index (χ0n) is 17.5. The van der Waals surface area contributed by atoms with Gasteiger partial charge in [-0.1, -0.05) is 48.5 Å². The van der Waals surface area contributed by atoms with Gasteiger partial charge in [-0.15, -0.1) is 0 Å². The topological polar surface area (TPSA) is 98.5 Å². The molecule has 0 saturated carbocycles. The minimum absolute atomic E-state index is 0.258. The first-order valence-electron chi connectivity index (χ1n) is 10.2. The summed E-state index contributed by atoms with van der Waals surface area (Å²) in [6.07, 6.45) is 0.258. The molecule has 0 heterocycles. The molecular weight excluding hydrogens is 404 g/mol. The molecule has 0 spiro atoms. The molecule has 4 aromatic rings. The van der Waals surface area contributed by atoms with Gasteiger partial charge in [0.15, 0.2) is 0 Å². The Morgan fingerprint density at radius 3 is 1.97 bits per heavy atom. The summed E-state index contributed by atoms with van der Waals surface area (Å²) in [7, 11) is 0. The molecule has 4 aromatic carbocycles. The highest BCUT2D eigenvalue weighted by atomic mass is 16.5. The summed E-state index contributed by atoms with van der Waals surface area (Å²) in [6, 6.07) is 23.2. The highest BCUT2D eigenvalue weighted by Crippen LogP contribution is 2.29. The van der Waals surface area contributed by atoms with Gasteiger partial charge in [-0.05, 0) is 57.4 Å². The van der Waals surface area contributed by atoms with Crippen molar-refractivity contribution in [3.8, 4) is 5.75 Å². The molecule has 160 valence electrons. The molecule has 0 aliphatic carbocycles. The molecule has 0 aromatic heterocycles. The van der Waals surface area contributed by atoms with Crippen LogP contribution in [0.15, 0.2) is 78.9 Å². The zero-order valence-corrected chi connectivity index (χ0v) is 17.5. The second kappa shape index (κ2) is 8.89. The molecule has 0 radical (unpaired) electrons. The lowest BCUT2D eigenvalue weighted by molar-refractivity contribution is -0.131. The molecule has 1 atom stereocenters. The van der Waals surface area contributed by atoms with Crippen LogP contribution in [0.25, 0.3) is 21.5 Å². The second-order valence-electron chi connectivity index (χ2n) is 7.55. The van der Waals surface area contributed by atoms with Crippen molar-refractivity contribution in [3.63, 3.8) is 0 Å². The first-order chi connectivity index (χ1) is 15.4. The number of primary amides is 1. The number of nitrogens with one attached hydrogen (secondary N) is 1. The van der Waals surface area contributed by atoms with Gasteiger partial charge in [0.05, 0.1) is 0 Å². The highest BCUT2D eigenvalue weighted by molar-refractivity contribution is 6.03. The van der Waals surface area contributed by atoms with Crippen molar-refractivity contribution in [1.82, 2.24) is 5.32 Å². The van der Waals surface area contributed by atoms with E-state index in [9.17, 15) is 14.4 Å². The maximum absolute atomic E-state index is 12.8. The Morgan fingerprint density at radius 2 is 1.44 bits per heavy atom. The summed E-state index contributed by atoms with van der Waals surface area (Å²) >= 11 is 0. The number of benzene rings is 4. The van der Waals surface area contributed by atoms with Gasteiger partial charge in [0.25, 0.3) is 5.91 Å². The van der Waals surface area contributed by atoms with Gasteiger partial charge in [0.2, 0.25) is 5.91 Å². The van der Waals surface area contributed by atoms with Crippen LogP contribution in [0.3, 0.4) is 0 Å². The molecule has 32 heavy (non-hydrogen) atoms. The Balaban J connectivity index is 1.64. The van der Waals surface area contributed by atoms with E-state index < -0.39 is 23.8 Å². The number of carbonyl (C=O) groups is 3. The summed E-state index contributed by atoms with van der Waals surface area (Å²) in [5, 5.41) is 6.88. The lowest BCUT2D eigenvalue weighted by Crippen LogP contribution is -2.45. The Bertz CT molecular complexity index is 1280. The number of hydrogen-bond donors (Lipinski definition) is 2. The van der Waals surface area contributed by atoms with Gasteiger partial charge in [0.1, 0.15) is 11.8 Å². The van der Waals surface area contributed by atoms with Crippen LogP contribution in [-0.4, -0.2) is 23.8 Å². The van der Waals surface area contributed by atoms with Gasteiger partial charge >= 0.3 is 5.97 Å². The van der Waals surface area contributed by atoms with Gasteiger partial charge in [-0.2, -0.15) is 0 Å². The number of amides is 2. The Hall–Kier alpha value is -4.19. The number of nitrogens with two attached hydrogens (primary N) is 1. The van der Waals surface area contributed by atoms with Gasteiger partial charge in [0, 0.05) is 18.9 Å². The monoisotopic (exact) mass is 426 g/mol. The van der Waals surface area contributed by atoms with Crippen molar-refractivity contribution in [1.29, 1.82) is 0 Å². The van der Waals surface area contributed by atoms with Gasteiger partial charge < -0.3 is 15.8 Å². The molecule has 0 aliphatic heterocycles. The van der Waals surface area contributed by atoms with E-state index in [2.05, 4.69) is 11.4 Å². The second-order valence-corrected chi connectivity index (χ2v) is 7.55. The Labute approximate surface area is 185 Å². The first-order valence-corrected chi connectivity index (χ1v) is 10.2. The predicted molar refractivity (Wildman–Crippen MR) is 123 cm³/mol. The Kier molecular flexibility index (Phi) is 5.85.